The Labute approximate surface area is 207 Å². The molecule has 1 atom stereocenters. The predicted octanol–water partition coefficient (Wildman–Crippen LogP) is 3.31. The second-order valence-electron chi connectivity index (χ2n) is 10.9. The molecule has 1 aromatic carbocycles. The number of amides is 3. The maximum absolute atomic E-state index is 13.5. The number of aromatic nitrogens is 1. The number of carbonyl (C=O) groups excluding carboxylic acids is 2. The Morgan fingerprint density at radius 1 is 1.23 bits per heavy atom. The molecule has 1 saturated heterocycles. The van der Waals surface area contributed by atoms with Crippen molar-refractivity contribution in [2.45, 2.75) is 63.5 Å². The first-order valence-electron chi connectivity index (χ1n) is 12.9. The van der Waals surface area contributed by atoms with Crippen molar-refractivity contribution < 1.29 is 19.4 Å². The van der Waals surface area contributed by atoms with Crippen molar-refractivity contribution in [3.8, 4) is 5.75 Å². The van der Waals surface area contributed by atoms with Gasteiger partial charge in [0.25, 0.3) is 0 Å². The Morgan fingerprint density at radius 2 is 1.94 bits per heavy atom. The lowest BCUT2D eigenvalue weighted by Crippen LogP contribution is -2.57. The smallest absolute Gasteiger partial charge is 0.317 e. The van der Waals surface area contributed by atoms with Gasteiger partial charge in [0.1, 0.15) is 5.75 Å². The number of rotatable bonds is 5. The van der Waals surface area contributed by atoms with Crippen LogP contribution in [0.3, 0.4) is 0 Å². The van der Waals surface area contributed by atoms with Crippen molar-refractivity contribution >= 4 is 22.8 Å². The fourth-order valence-corrected chi connectivity index (χ4v) is 6.19. The fourth-order valence-electron chi connectivity index (χ4n) is 6.19. The molecule has 3 aliphatic rings. The summed E-state index contributed by atoms with van der Waals surface area (Å²) in [6.07, 6.45) is 4.35. The van der Waals surface area contributed by atoms with Crippen molar-refractivity contribution in [2.75, 3.05) is 33.4 Å². The van der Waals surface area contributed by atoms with Gasteiger partial charge in [-0.15, -0.1) is 0 Å². The van der Waals surface area contributed by atoms with Crippen LogP contribution < -0.4 is 10.1 Å². The van der Waals surface area contributed by atoms with Gasteiger partial charge in [-0.1, -0.05) is 0 Å². The molecule has 8 nitrogen and oxygen atoms in total. The quantitative estimate of drug-likeness (QED) is 0.685. The summed E-state index contributed by atoms with van der Waals surface area (Å²) in [6, 6.07) is 5.84. The highest BCUT2D eigenvalue weighted by atomic mass is 16.5. The Hall–Kier alpha value is -2.74. The van der Waals surface area contributed by atoms with E-state index in [4.69, 9.17) is 4.74 Å². The number of carbonyl (C=O) groups is 2. The number of urea groups is 1. The molecule has 5 rings (SSSR count). The van der Waals surface area contributed by atoms with Crippen LogP contribution in [0.5, 0.6) is 5.75 Å². The maximum Gasteiger partial charge on any atom is 0.317 e. The third kappa shape index (κ3) is 4.15. The average Bonchev–Trinajstić information content (AvgIpc) is 3.61. The summed E-state index contributed by atoms with van der Waals surface area (Å²) in [6.45, 7) is 5.70. The maximum atomic E-state index is 13.5. The molecule has 35 heavy (non-hydrogen) atoms. The third-order valence-corrected chi connectivity index (χ3v) is 8.22. The van der Waals surface area contributed by atoms with E-state index in [-0.39, 0.29) is 36.0 Å². The number of nitrogens with one attached hydrogen (secondary N) is 1. The average molecular weight is 483 g/mol. The number of aliphatic hydroxyl groups excluding tert-OH is 1. The molecule has 8 heteroatoms. The highest BCUT2D eigenvalue weighted by molar-refractivity contribution is 5.90. The van der Waals surface area contributed by atoms with Gasteiger partial charge in [-0.05, 0) is 63.1 Å². The molecule has 0 bridgehead atoms. The summed E-state index contributed by atoms with van der Waals surface area (Å²) < 4.78 is 7.65. The van der Waals surface area contributed by atoms with E-state index in [1.165, 1.54) is 5.56 Å². The predicted molar refractivity (Wildman–Crippen MR) is 135 cm³/mol. The van der Waals surface area contributed by atoms with Crippen molar-refractivity contribution in [2.24, 2.45) is 13.0 Å². The molecule has 3 heterocycles. The zero-order valence-corrected chi connectivity index (χ0v) is 21.3. The highest BCUT2D eigenvalue weighted by Gasteiger charge is 2.50. The van der Waals surface area contributed by atoms with Crippen molar-refractivity contribution in [3.63, 3.8) is 0 Å². The summed E-state index contributed by atoms with van der Waals surface area (Å²) in [7, 11) is 3.69. The van der Waals surface area contributed by atoms with Crippen LogP contribution in [0.25, 0.3) is 10.9 Å². The van der Waals surface area contributed by atoms with Gasteiger partial charge in [0, 0.05) is 61.7 Å². The Balaban J connectivity index is 1.58. The van der Waals surface area contributed by atoms with Gasteiger partial charge in [-0.25, -0.2) is 4.79 Å². The second-order valence-corrected chi connectivity index (χ2v) is 10.9. The van der Waals surface area contributed by atoms with Gasteiger partial charge in [-0.3, -0.25) is 4.79 Å². The summed E-state index contributed by atoms with van der Waals surface area (Å²) in [5.41, 5.74) is 3.04. The van der Waals surface area contributed by atoms with E-state index in [1.54, 1.807) is 7.11 Å². The Kier molecular flexibility index (Phi) is 6.20. The monoisotopic (exact) mass is 482 g/mol. The van der Waals surface area contributed by atoms with Gasteiger partial charge < -0.3 is 29.5 Å². The van der Waals surface area contributed by atoms with Crippen LogP contribution in [0.1, 0.15) is 63.3 Å². The molecule has 190 valence electrons. The van der Waals surface area contributed by atoms with Crippen LogP contribution in [0.4, 0.5) is 4.79 Å². The van der Waals surface area contributed by atoms with Gasteiger partial charge >= 0.3 is 6.03 Å². The molecule has 1 spiro atoms. The van der Waals surface area contributed by atoms with E-state index in [0.29, 0.717) is 32.0 Å². The van der Waals surface area contributed by atoms with Crippen molar-refractivity contribution in [3.05, 3.63) is 29.5 Å². The Morgan fingerprint density at radius 3 is 2.54 bits per heavy atom. The number of fused-ring (bicyclic) bond motifs is 4. The number of hydrogen-bond donors (Lipinski definition) is 2. The highest BCUT2D eigenvalue weighted by Crippen LogP contribution is 2.50. The lowest BCUT2D eigenvalue weighted by Gasteiger charge is -2.50. The number of piperidine rings is 1. The molecule has 3 amide bonds. The summed E-state index contributed by atoms with van der Waals surface area (Å²) in [4.78, 5) is 30.0. The molecule has 2 aliphatic heterocycles. The van der Waals surface area contributed by atoms with E-state index < -0.39 is 0 Å². The number of aliphatic hydroxyl groups is 1. The molecule has 2 aromatic rings. The fraction of sp³-hybridized carbons (Fsp3) is 0.630. The molecule has 2 N–H and O–H groups in total. The first-order chi connectivity index (χ1) is 16.8. The standard InChI is InChI=1S/C27H38N4O4/c1-17(2)28-26(34)30-11-9-27(10-12-30)16-31(23(33)13-18-5-6-18)22(15-32)25-24(27)20-8-7-19(35-4)14-21(20)29(25)3/h7-8,14,17-18,22,32H,5-6,9-13,15-16H2,1-4H3,(H,28,34)/t22-/m1/s1. The van der Waals surface area contributed by atoms with Crippen molar-refractivity contribution in [1.29, 1.82) is 0 Å². The largest absolute Gasteiger partial charge is 0.497 e. The first-order valence-corrected chi connectivity index (χ1v) is 12.9. The third-order valence-electron chi connectivity index (χ3n) is 8.22. The summed E-state index contributed by atoms with van der Waals surface area (Å²) in [5.74, 6) is 1.41. The van der Waals surface area contributed by atoms with Crippen LogP contribution >= 0.6 is 0 Å². The van der Waals surface area contributed by atoms with Crippen LogP contribution in [-0.2, 0) is 17.3 Å². The van der Waals surface area contributed by atoms with Crippen molar-refractivity contribution in [1.82, 2.24) is 19.7 Å². The second kappa shape index (κ2) is 9.04. The lowest BCUT2D eigenvalue weighted by molar-refractivity contribution is -0.137. The van der Waals surface area contributed by atoms with E-state index in [9.17, 15) is 14.7 Å². The summed E-state index contributed by atoms with van der Waals surface area (Å²) in [5, 5.41) is 14.7. The molecule has 1 aromatic heterocycles. The number of likely N-dealkylation sites (tertiary alicyclic amines) is 1. The minimum absolute atomic E-state index is 0.0246. The van der Waals surface area contributed by atoms with Crippen LogP contribution in [0, 0.1) is 5.92 Å². The number of methoxy groups -OCH3 is 1. The number of hydrogen-bond acceptors (Lipinski definition) is 4. The number of aryl methyl sites for hydroxylation is 1. The molecule has 1 saturated carbocycles. The topological polar surface area (TPSA) is 87.0 Å². The minimum atomic E-state index is -0.368. The SMILES string of the molecule is COc1ccc2c3c(n(C)c2c1)[C@@H](CO)N(C(=O)CC1CC1)CC31CCN(C(=O)NC(C)C)CC1. The van der Waals surface area contributed by atoms with Gasteiger partial charge in [-0.2, -0.15) is 0 Å². The molecule has 1 aliphatic carbocycles. The number of ether oxygens (including phenoxy) is 1. The van der Waals surface area contributed by atoms with E-state index >= 15 is 0 Å². The van der Waals surface area contributed by atoms with Gasteiger partial charge in [0.15, 0.2) is 0 Å². The van der Waals surface area contributed by atoms with E-state index in [1.807, 2.05) is 42.8 Å². The van der Waals surface area contributed by atoms with Crippen LogP contribution in [0.2, 0.25) is 0 Å². The zero-order valence-electron chi connectivity index (χ0n) is 21.3. The van der Waals surface area contributed by atoms with Gasteiger partial charge in [0.05, 0.1) is 25.3 Å². The zero-order chi connectivity index (χ0) is 24.9. The van der Waals surface area contributed by atoms with Crippen LogP contribution in [0.15, 0.2) is 18.2 Å². The first kappa shape index (κ1) is 24.0. The molecule has 0 unspecified atom stereocenters. The number of nitrogens with zero attached hydrogens (tertiary/aromatic N) is 3. The van der Waals surface area contributed by atoms with E-state index in [2.05, 4.69) is 16.0 Å². The Bertz CT molecular complexity index is 1130. The molecular formula is C27H38N4O4. The normalized spacial score (nSPS) is 21.5. The molecular weight excluding hydrogens is 444 g/mol. The molecule has 0 radical (unpaired) electrons. The minimum Gasteiger partial charge on any atom is -0.497 e. The van der Waals surface area contributed by atoms with Crippen LogP contribution in [-0.4, -0.2) is 70.8 Å². The van der Waals surface area contributed by atoms with E-state index in [0.717, 1.165) is 48.0 Å². The number of benzene rings is 1. The lowest BCUT2D eigenvalue weighted by atomic mass is 9.68. The van der Waals surface area contributed by atoms with Gasteiger partial charge in [0.2, 0.25) is 5.91 Å². The summed E-state index contributed by atoms with van der Waals surface area (Å²) >= 11 is 0. The molecule has 2 fully saturated rings.